The molecule has 4 aromatic rings. The number of hydrogen-bond donors (Lipinski definition) is 0. The maximum absolute atomic E-state index is 13.0. The van der Waals surface area contributed by atoms with E-state index in [4.69, 9.17) is 4.42 Å². The van der Waals surface area contributed by atoms with Gasteiger partial charge in [0.2, 0.25) is 5.91 Å². The van der Waals surface area contributed by atoms with Gasteiger partial charge >= 0.3 is 5.63 Å². The van der Waals surface area contributed by atoms with Crippen LogP contribution in [0.2, 0.25) is 0 Å². The Morgan fingerprint density at radius 3 is 2.58 bits per heavy atom. The Balaban J connectivity index is 1.35. The summed E-state index contributed by atoms with van der Waals surface area (Å²) in [5, 5.41) is 5.50. The van der Waals surface area contributed by atoms with Gasteiger partial charge in [-0.3, -0.25) is 9.48 Å². The lowest BCUT2D eigenvalue weighted by Crippen LogP contribution is -2.49. The smallest absolute Gasteiger partial charge is 0.347 e. The number of fused-ring (bicyclic) bond motifs is 3. The van der Waals surface area contributed by atoms with Crippen molar-refractivity contribution >= 4 is 33.5 Å². The number of anilines is 1. The Morgan fingerprint density at radius 1 is 1.00 bits per heavy atom. The Morgan fingerprint density at radius 2 is 1.77 bits per heavy atom. The zero-order valence-electron chi connectivity index (χ0n) is 17.7. The summed E-state index contributed by atoms with van der Waals surface area (Å²) in [4.78, 5) is 29.6. The van der Waals surface area contributed by atoms with Gasteiger partial charge in [0.05, 0.1) is 11.7 Å². The molecule has 1 fully saturated rings. The molecule has 1 aliphatic heterocycles. The van der Waals surface area contributed by atoms with Gasteiger partial charge in [-0.2, -0.15) is 5.10 Å². The van der Waals surface area contributed by atoms with Gasteiger partial charge in [0, 0.05) is 37.3 Å². The molecule has 31 heavy (non-hydrogen) atoms. The molecule has 5 rings (SSSR count). The minimum atomic E-state index is -0.436. The monoisotopic (exact) mass is 416 g/mol. The molecule has 0 atom stereocenters. The van der Waals surface area contributed by atoms with Crippen LogP contribution in [0.1, 0.15) is 11.1 Å². The lowest BCUT2D eigenvalue weighted by molar-refractivity contribution is -0.132. The maximum atomic E-state index is 13.0. The Labute approximate surface area is 179 Å². The van der Waals surface area contributed by atoms with Crippen LogP contribution in [0, 0.1) is 13.8 Å². The van der Waals surface area contributed by atoms with Crippen molar-refractivity contribution in [2.45, 2.75) is 20.4 Å². The predicted octanol–water partition coefficient (Wildman–Crippen LogP) is 3.11. The first kappa shape index (κ1) is 19.4. The van der Waals surface area contributed by atoms with Crippen LogP contribution in [0.3, 0.4) is 0 Å². The zero-order chi connectivity index (χ0) is 21.5. The van der Waals surface area contributed by atoms with E-state index >= 15 is 0 Å². The van der Waals surface area contributed by atoms with E-state index < -0.39 is 5.63 Å². The van der Waals surface area contributed by atoms with E-state index in [1.165, 1.54) is 23.0 Å². The van der Waals surface area contributed by atoms with E-state index in [1.54, 1.807) is 10.7 Å². The number of piperazine rings is 1. The number of rotatable bonds is 3. The van der Waals surface area contributed by atoms with E-state index in [-0.39, 0.29) is 12.5 Å². The molecule has 0 spiro atoms. The third kappa shape index (κ3) is 3.36. The van der Waals surface area contributed by atoms with E-state index in [2.05, 4.69) is 42.0 Å². The Bertz CT molecular complexity index is 1350. The highest BCUT2D eigenvalue weighted by atomic mass is 16.4. The SMILES string of the molecule is Cc1cccc(N2CCN(C(=O)Cn3ncc4c(=O)oc5ccccc5c43)CC2)c1C. The summed E-state index contributed by atoms with van der Waals surface area (Å²) < 4.78 is 6.99. The van der Waals surface area contributed by atoms with Crippen LogP contribution in [-0.2, 0) is 11.3 Å². The van der Waals surface area contributed by atoms with Crippen LogP contribution in [0.25, 0.3) is 21.9 Å². The minimum Gasteiger partial charge on any atom is -0.422 e. The normalized spacial score (nSPS) is 14.5. The molecular weight excluding hydrogens is 392 g/mol. The summed E-state index contributed by atoms with van der Waals surface area (Å²) in [5.41, 5.74) is 4.51. The number of aromatic nitrogens is 2. The number of aryl methyl sites for hydroxylation is 1. The Hall–Kier alpha value is -3.61. The molecule has 0 radical (unpaired) electrons. The van der Waals surface area contributed by atoms with Gasteiger partial charge in [-0.05, 0) is 43.2 Å². The van der Waals surface area contributed by atoms with Crippen molar-refractivity contribution in [1.82, 2.24) is 14.7 Å². The highest BCUT2D eigenvalue weighted by Crippen LogP contribution is 2.25. The summed E-state index contributed by atoms with van der Waals surface area (Å²) in [6.07, 6.45) is 1.49. The van der Waals surface area contributed by atoms with Crippen molar-refractivity contribution in [3.05, 3.63) is 70.2 Å². The molecule has 1 saturated heterocycles. The molecule has 7 heteroatoms. The lowest BCUT2D eigenvalue weighted by Gasteiger charge is -2.37. The summed E-state index contributed by atoms with van der Waals surface area (Å²) >= 11 is 0. The van der Waals surface area contributed by atoms with E-state index in [1.807, 2.05) is 23.1 Å². The first-order chi connectivity index (χ1) is 15.0. The predicted molar refractivity (Wildman–Crippen MR) is 120 cm³/mol. The van der Waals surface area contributed by atoms with Crippen molar-refractivity contribution in [1.29, 1.82) is 0 Å². The molecule has 158 valence electrons. The number of carbonyl (C=O) groups is 1. The summed E-state index contributed by atoms with van der Waals surface area (Å²) in [5.74, 6) is 0.00272. The van der Waals surface area contributed by atoms with Crippen LogP contribution in [0.5, 0.6) is 0 Å². The molecule has 2 aromatic carbocycles. The molecule has 7 nitrogen and oxygen atoms in total. The van der Waals surface area contributed by atoms with Gasteiger partial charge in [-0.25, -0.2) is 4.79 Å². The molecule has 2 aromatic heterocycles. The number of hydrogen-bond acceptors (Lipinski definition) is 5. The number of para-hydroxylation sites is 1. The van der Waals surface area contributed by atoms with E-state index in [0.717, 1.165) is 18.5 Å². The third-order valence-electron chi connectivity index (χ3n) is 6.24. The van der Waals surface area contributed by atoms with Gasteiger partial charge in [0.25, 0.3) is 0 Å². The van der Waals surface area contributed by atoms with Gasteiger partial charge in [0.15, 0.2) is 0 Å². The molecule has 1 aliphatic rings. The van der Waals surface area contributed by atoms with Crippen molar-refractivity contribution in [2.75, 3.05) is 31.1 Å². The van der Waals surface area contributed by atoms with Gasteiger partial charge in [-0.1, -0.05) is 24.3 Å². The molecule has 0 N–H and O–H groups in total. The molecule has 0 bridgehead atoms. The molecule has 0 aliphatic carbocycles. The fourth-order valence-corrected chi connectivity index (χ4v) is 4.35. The van der Waals surface area contributed by atoms with Gasteiger partial charge < -0.3 is 14.2 Å². The largest absolute Gasteiger partial charge is 0.422 e. The van der Waals surface area contributed by atoms with Crippen molar-refractivity contribution < 1.29 is 9.21 Å². The Kier molecular flexibility index (Phi) is 4.73. The second kappa shape index (κ2) is 7.58. The second-order valence-electron chi connectivity index (χ2n) is 8.04. The third-order valence-corrected chi connectivity index (χ3v) is 6.24. The fourth-order valence-electron chi connectivity index (χ4n) is 4.35. The van der Waals surface area contributed by atoms with Crippen LogP contribution >= 0.6 is 0 Å². The van der Waals surface area contributed by atoms with E-state index in [0.29, 0.717) is 29.6 Å². The van der Waals surface area contributed by atoms with Crippen molar-refractivity contribution in [3.8, 4) is 0 Å². The average Bonchev–Trinajstić information content (AvgIpc) is 3.20. The highest BCUT2D eigenvalue weighted by Gasteiger charge is 2.24. The van der Waals surface area contributed by atoms with Crippen LogP contribution in [0.15, 0.2) is 57.9 Å². The van der Waals surface area contributed by atoms with Gasteiger partial charge in [-0.15, -0.1) is 0 Å². The average molecular weight is 416 g/mol. The maximum Gasteiger partial charge on any atom is 0.347 e. The summed E-state index contributed by atoms with van der Waals surface area (Å²) in [6.45, 7) is 7.27. The number of benzene rings is 2. The molecule has 0 unspecified atom stereocenters. The van der Waals surface area contributed by atoms with Crippen LogP contribution in [0.4, 0.5) is 5.69 Å². The number of nitrogens with zero attached hydrogens (tertiary/aromatic N) is 4. The lowest BCUT2D eigenvalue weighted by atomic mass is 10.1. The van der Waals surface area contributed by atoms with Crippen LogP contribution < -0.4 is 10.5 Å². The van der Waals surface area contributed by atoms with Crippen LogP contribution in [-0.4, -0.2) is 46.8 Å². The fraction of sp³-hybridized carbons (Fsp3) is 0.292. The standard InChI is InChI=1S/C24H24N4O3/c1-16-6-5-8-20(17(16)2)26-10-12-27(13-11-26)22(29)15-28-23-18-7-3-4-9-21(18)31-24(30)19(23)14-25-28/h3-9,14H,10-13,15H2,1-2H3. The topological polar surface area (TPSA) is 71.6 Å². The van der Waals surface area contributed by atoms with Crippen molar-refractivity contribution in [2.24, 2.45) is 0 Å². The second-order valence-corrected chi connectivity index (χ2v) is 8.04. The number of carbonyl (C=O) groups excluding carboxylic acids is 1. The molecule has 0 saturated carbocycles. The molecule has 3 heterocycles. The van der Waals surface area contributed by atoms with Gasteiger partial charge in [0.1, 0.15) is 17.5 Å². The summed E-state index contributed by atoms with van der Waals surface area (Å²) in [6, 6.07) is 13.7. The minimum absolute atomic E-state index is 0.00272. The first-order valence-corrected chi connectivity index (χ1v) is 10.5. The molecule has 1 amide bonds. The first-order valence-electron chi connectivity index (χ1n) is 10.5. The molecular formula is C24H24N4O3. The number of amides is 1. The highest BCUT2D eigenvalue weighted by molar-refractivity contribution is 6.02. The quantitative estimate of drug-likeness (QED) is 0.480. The van der Waals surface area contributed by atoms with Crippen molar-refractivity contribution in [3.63, 3.8) is 0 Å². The summed E-state index contributed by atoms with van der Waals surface area (Å²) in [7, 11) is 0. The van der Waals surface area contributed by atoms with E-state index in [9.17, 15) is 9.59 Å². The zero-order valence-corrected chi connectivity index (χ0v) is 17.7.